The van der Waals surface area contributed by atoms with E-state index in [-0.39, 0.29) is 16.0 Å². The molecule has 0 saturated heterocycles. The second-order valence-corrected chi connectivity index (χ2v) is 4.70. The fraction of sp³-hybridized carbons (Fsp3) is 0.300. The van der Waals surface area contributed by atoms with E-state index in [1.165, 1.54) is 13.8 Å². The summed E-state index contributed by atoms with van der Waals surface area (Å²) in [6.07, 6.45) is 0.524. The predicted molar refractivity (Wildman–Crippen MR) is 54.3 cm³/mol. The smallest absolute Gasteiger partial charge is 0.298 e. The molecule has 0 N–H and O–H groups in total. The maximum atomic E-state index is 13.0. The molecule has 1 aromatic carbocycles. The van der Waals surface area contributed by atoms with Crippen LogP contribution >= 0.6 is 0 Å². The minimum atomic E-state index is -4.78. The van der Waals surface area contributed by atoms with Crippen molar-refractivity contribution < 1.29 is 17.1 Å². The summed E-state index contributed by atoms with van der Waals surface area (Å²) in [6, 6.07) is 1.55. The van der Waals surface area contributed by atoms with Gasteiger partial charge in [0.15, 0.2) is 0 Å². The standard InChI is InChI=1S/C10H11FO3S/c1-6-4-9(5-12)8(3)10(7(6)2)15(11,13)14/h4-5H,1-3H3. The lowest BCUT2D eigenvalue weighted by atomic mass is 10.0. The predicted octanol–water partition coefficient (Wildman–Crippen LogP) is 2.08. The lowest BCUT2D eigenvalue weighted by molar-refractivity contribution is 0.112. The number of benzene rings is 1. The van der Waals surface area contributed by atoms with E-state index in [0.717, 1.165) is 0 Å². The summed E-state index contributed by atoms with van der Waals surface area (Å²) in [5, 5.41) is 0. The SMILES string of the molecule is Cc1cc(C=O)c(C)c(S(=O)(=O)F)c1C. The summed E-state index contributed by atoms with van der Waals surface area (Å²) in [5.41, 5.74) is 1.30. The highest BCUT2D eigenvalue weighted by Gasteiger charge is 2.21. The van der Waals surface area contributed by atoms with Crippen molar-refractivity contribution in [2.24, 2.45) is 0 Å². The fourth-order valence-corrected chi connectivity index (χ4v) is 2.54. The van der Waals surface area contributed by atoms with Crippen LogP contribution in [0.5, 0.6) is 0 Å². The van der Waals surface area contributed by atoms with Gasteiger partial charge in [-0.2, -0.15) is 8.42 Å². The molecular formula is C10H11FO3S. The zero-order valence-electron chi connectivity index (χ0n) is 8.67. The fourth-order valence-electron chi connectivity index (χ4n) is 1.53. The first kappa shape index (κ1) is 11.8. The molecule has 82 valence electrons. The summed E-state index contributed by atoms with van der Waals surface area (Å²) < 4.78 is 34.8. The van der Waals surface area contributed by atoms with Crippen LogP contribution in [0.1, 0.15) is 27.0 Å². The van der Waals surface area contributed by atoms with Gasteiger partial charge in [0, 0.05) is 5.56 Å². The van der Waals surface area contributed by atoms with Crippen molar-refractivity contribution in [1.82, 2.24) is 0 Å². The quantitative estimate of drug-likeness (QED) is 0.577. The Morgan fingerprint density at radius 3 is 2.13 bits per heavy atom. The molecule has 0 aromatic heterocycles. The first-order chi connectivity index (χ1) is 6.79. The van der Waals surface area contributed by atoms with Crippen LogP contribution in [-0.2, 0) is 10.2 Å². The Bertz CT molecular complexity index is 518. The maximum Gasteiger partial charge on any atom is 0.332 e. The van der Waals surface area contributed by atoms with Crippen LogP contribution in [0, 0.1) is 20.8 Å². The van der Waals surface area contributed by atoms with Gasteiger partial charge in [-0.05, 0) is 43.5 Å². The number of carbonyl (C=O) groups is 1. The van der Waals surface area contributed by atoms with Crippen molar-refractivity contribution in [2.45, 2.75) is 25.7 Å². The largest absolute Gasteiger partial charge is 0.332 e. The van der Waals surface area contributed by atoms with Crippen molar-refractivity contribution in [3.8, 4) is 0 Å². The lowest BCUT2D eigenvalue weighted by Crippen LogP contribution is -2.04. The van der Waals surface area contributed by atoms with Crippen molar-refractivity contribution in [2.75, 3.05) is 0 Å². The zero-order chi connectivity index (χ0) is 11.8. The normalized spacial score (nSPS) is 11.5. The van der Waals surface area contributed by atoms with Crippen LogP contribution < -0.4 is 0 Å². The third kappa shape index (κ3) is 2.07. The number of hydrogen-bond donors (Lipinski definition) is 0. The molecule has 0 saturated carbocycles. The zero-order valence-corrected chi connectivity index (χ0v) is 9.48. The Balaban J connectivity index is 3.78. The highest BCUT2D eigenvalue weighted by molar-refractivity contribution is 7.86. The molecular weight excluding hydrogens is 219 g/mol. The van der Waals surface area contributed by atoms with E-state index in [1.807, 2.05) is 0 Å². The van der Waals surface area contributed by atoms with E-state index in [1.54, 1.807) is 13.0 Å². The molecule has 0 bridgehead atoms. The van der Waals surface area contributed by atoms with Crippen molar-refractivity contribution in [3.05, 3.63) is 28.3 Å². The molecule has 0 unspecified atom stereocenters. The molecule has 0 radical (unpaired) electrons. The summed E-state index contributed by atoms with van der Waals surface area (Å²) in [5.74, 6) is 0. The van der Waals surface area contributed by atoms with Crippen LogP contribution in [0.2, 0.25) is 0 Å². The Morgan fingerprint density at radius 1 is 1.20 bits per heavy atom. The summed E-state index contributed by atoms with van der Waals surface area (Å²) in [4.78, 5) is 10.3. The molecule has 0 aliphatic heterocycles. The van der Waals surface area contributed by atoms with Crippen molar-refractivity contribution in [1.29, 1.82) is 0 Å². The number of carbonyl (C=O) groups excluding carboxylic acids is 1. The monoisotopic (exact) mass is 230 g/mol. The number of rotatable bonds is 2. The Labute approximate surface area is 88.1 Å². The van der Waals surface area contributed by atoms with Gasteiger partial charge in [0.2, 0.25) is 0 Å². The molecule has 1 rings (SSSR count). The summed E-state index contributed by atoms with van der Waals surface area (Å²) in [6.45, 7) is 4.57. The van der Waals surface area contributed by atoms with E-state index in [9.17, 15) is 17.1 Å². The Morgan fingerprint density at radius 2 is 1.73 bits per heavy atom. The first-order valence-electron chi connectivity index (χ1n) is 4.29. The molecule has 0 spiro atoms. The van der Waals surface area contributed by atoms with Crippen molar-refractivity contribution in [3.63, 3.8) is 0 Å². The minimum absolute atomic E-state index is 0.163. The van der Waals surface area contributed by atoms with E-state index < -0.39 is 10.2 Å². The molecule has 0 heterocycles. The van der Waals surface area contributed by atoms with Crippen LogP contribution in [0.4, 0.5) is 3.89 Å². The number of aryl methyl sites for hydroxylation is 1. The molecule has 3 nitrogen and oxygen atoms in total. The van der Waals surface area contributed by atoms with Gasteiger partial charge in [0.05, 0.1) is 0 Å². The molecule has 5 heteroatoms. The number of halogens is 1. The van der Waals surface area contributed by atoms with Crippen LogP contribution in [0.3, 0.4) is 0 Å². The van der Waals surface area contributed by atoms with E-state index >= 15 is 0 Å². The van der Waals surface area contributed by atoms with Gasteiger partial charge in [-0.15, -0.1) is 3.89 Å². The van der Waals surface area contributed by atoms with Crippen LogP contribution in [-0.4, -0.2) is 14.7 Å². The molecule has 1 aromatic rings. The molecule has 0 atom stereocenters. The maximum absolute atomic E-state index is 13.0. The second kappa shape index (κ2) is 3.73. The average molecular weight is 230 g/mol. The van der Waals surface area contributed by atoms with Crippen LogP contribution in [0.15, 0.2) is 11.0 Å². The van der Waals surface area contributed by atoms with E-state index in [2.05, 4.69) is 0 Å². The third-order valence-corrected chi connectivity index (χ3v) is 3.55. The van der Waals surface area contributed by atoms with Gasteiger partial charge in [-0.1, -0.05) is 0 Å². The van der Waals surface area contributed by atoms with Crippen LogP contribution in [0.25, 0.3) is 0 Å². The van der Waals surface area contributed by atoms with Gasteiger partial charge >= 0.3 is 10.2 Å². The molecule has 0 fully saturated rings. The summed E-state index contributed by atoms with van der Waals surface area (Å²) >= 11 is 0. The third-order valence-electron chi connectivity index (χ3n) is 2.45. The lowest BCUT2D eigenvalue weighted by Gasteiger charge is -2.10. The first-order valence-corrected chi connectivity index (χ1v) is 5.68. The van der Waals surface area contributed by atoms with Gasteiger partial charge in [0.25, 0.3) is 0 Å². The molecule has 15 heavy (non-hydrogen) atoms. The highest BCUT2D eigenvalue weighted by Crippen LogP contribution is 2.26. The Kier molecular flexibility index (Phi) is 2.95. The molecule has 0 aliphatic rings. The topological polar surface area (TPSA) is 51.2 Å². The van der Waals surface area contributed by atoms with E-state index in [4.69, 9.17) is 0 Å². The van der Waals surface area contributed by atoms with Gasteiger partial charge in [-0.25, -0.2) is 0 Å². The molecule has 0 aliphatic carbocycles. The van der Waals surface area contributed by atoms with Gasteiger partial charge in [-0.3, -0.25) is 4.79 Å². The van der Waals surface area contributed by atoms with E-state index in [0.29, 0.717) is 17.4 Å². The highest BCUT2D eigenvalue weighted by atomic mass is 32.3. The Hall–Kier alpha value is -1.23. The van der Waals surface area contributed by atoms with Gasteiger partial charge < -0.3 is 0 Å². The number of hydrogen-bond acceptors (Lipinski definition) is 3. The minimum Gasteiger partial charge on any atom is -0.298 e. The average Bonchev–Trinajstić information content (AvgIpc) is 2.09. The summed E-state index contributed by atoms with van der Waals surface area (Å²) in [7, 11) is -4.78. The number of aldehydes is 1. The van der Waals surface area contributed by atoms with Gasteiger partial charge in [0.1, 0.15) is 11.2 Å². The van der Waals surface area contributed by atoms with Crippen molar-refractivity contribution >= 4 is 16.5 Å². The molecule has 0 amide bonds. The second-order valence-electron chi connectivity index (χ2n) is 3.42.